The van der Waals surface area contributed by atoms with E-state index in [9.17, 15) is 0 Å². The van der Waals surface area contributed by atoms with Gasteiger partial charge in [0.15, 0.2) is 0 Å². The summed E-state index contributed by atoms with van der Waals surface area (Å²) in [6.45, 7) is 1.30. The third-order valence-electron chi connectivity index (χ3n) is 3.69. The molecule has 3 heteroatoms. The number of benzene rings is 1. The highest BCUT2D eigenvalue weighted by molar-refractivity contribution is 5.40. The average molecular weight is 249 g/mol. The first-order chi connectivity index (χ1) is 8.83. The van der Waals surface area contributed by atoms with Crippen LogP contribution in [0.1, 0.15) is 37.7 Å². The first-order valence-electron chi connectivity index (χ1n) is 6.83. The fraction of sp³-hybridized carbons (Fsp3) is 0.600. The van der Waals surface area contributed by atoms with Crippen LogP contribution in [0.25, 0.3) is 0 Å². The summed E-state index contributed by atoms with van der Waals surface area (Å²) >= 11 is 0. The minimum Gasteiger partial charge on any atom is -0.497 e. The summed E-state index contributed by atoms with van der Waals surface area (Å²) in [5, 5.41) is 0. The van der Waals surface area contributed by atoms with E-state index in [-0.39, 0.29) is 0 Å². The van der Waals surface area contributed by atoms with E-state index in [4.69, 9.17) is 15.2 Å². The Kier molecular flexibility index (Phi) is 4.88. The number of hydrogen-bond donors (Lipinski definition) is 1. The van der Waals surface area contributed by atoms with Crippen LogP contribution in [0.5, 0.6) is 11.5 Å². The standard InChI is InChI=1S/C15H23NO2/c1-17-14-7-8-15(13(9-14)10-16)18-11-12-5-3-2-4-6-12/h7-9,12H,2-6,10-11,16H2,1H3. The monoisotopic (exact) mass is 249 g/mol. The Hall–Kier alpha value is -1.22. The molecule has 0 bridgehead atoms. The van der Waals surface area contributed by atoms with Crippen molar-refractivity contribution in [3.8, 4) is 11.5 Å². The molecule has 18 heavy (non-hydrogen) atoms. The smallest absolute Gasteiger partial charge is 0.124 e. The van der Waals surface area contributed by atoms with Gasteiger partial charge < -0.3 is 15.2 Å². The van der Waals surface area contributed by atoms with Crippen LogP contribution in [0.4, 0.5) is 0 Å². The molecule has 1 aliphatic carbocycles. The van der Waals surface area contributed by atoms with Crippen molar-refractivity contribution >= 4 is 0 Å². The van der Waals surface area contributed by atoms with Crippen molar-refractivity contribution < 1.29 is 9.47 Å². The Bertz CT molecular complexity index is 373. The predicted molar refractivity (Wildman–Crippen MR) is 73.0 cm³/mol. The largest absolute Gasteiger partial charge is 0.497 e. The molecule has 3 nitrogen and oxygen atoms in total. The second-order valence-corrected chi connectivity index (χ2v) is 4.99. The van der Waals surface area contributed by atoms with E-state index in [1.54, 1.807) is 7.11 Å². The van der Waals surface area contributed by atoms with E-state index < -0.39 is 0 Å². The Balaban J connectivity index is 1.95. The Labute approximate surface area is 109 Å². The van der Waals surface area contributed by atoms with Gasteiger partial charge in [0.25, 0.3) is 0 Å². The van der Waals surface area contributed by atoms with Gasteiger partial charge in [0.1, 0.15) is 11.5 Å². The van der Waals surface area contributed by atoms with Crippen molar-refractivity contribution in [3.63, 3.8) is 0 Å². The molecular weight excluding hydrogens is 226 g/mol. The lowest BCUT2D eigenvalue weighted by molar-refractivity contribution is 0.207. The number of methoxy groups -OCH3 is 1. The van der Waals surface area contributed by atoms with Gasteiger partial charge in [-0.05, 0) is 37.0 Å². The summed E-state index contributed by atoms with van der Waals surface area (Å²) in [5.74, 6) is 2.45. The quantitative estimate of drug-likeness (QED) is 0.872. The number of nitrogens with two attached hydrogens (primary N) is 1. The van der Waals surface area contributed by atoms with Gasteiger partial charge in [-0.2, -0.15) is 0 Å². The molecular formula is C15H23NO2. The second-order valence-electron chi connectivity index (χ2n) is 4.99. The Morgan fingerprint density at radius 1 is 1.22 bits per heavy atom. The summed E-state index contributed by atoms with van der Waals surface area (Å²) in [6, 6.07) is 5.84. The molecule has 0 spiro atoms. The maximum atomic E-state index is 5.93. The molecule has 1 aromatic carbocycles. The van der Waals surface area contributed by atoms with Gasteiger partial charge in [-0.3, -0.25) is 0 Å². The van der Waals surface area contributed by atoms with Crippen LogP contribution in [-0.2, 0) is 6.54 Å². The molecule has 0 atom stereocenters. The van der Waals surface area contributed by atoms with Crippen molar-refractivity contribution in [2.24, 2.45) is 11.7 Å². The van der Waals surface area contributed by atoms with Crippen LogP contribution in [-0.4, -0.2) is 13.7 Å². The van der Waals surface area contributed by atoms with E-state index in [0.29, 0.717) is 12.5 Å². The zero-order valence-corrected chi connectivity index (χ0v) is 11.2. The predicted octanol–water partition coefficient (Wildman–Crippen LogP) is 3.11. The van der Waals surface area contributed by atoms with E-state index in [2.05, 4.69) is 0 Å². The minimum atomic E-state index is 0.483. The van der Waals surface area contributed by atoms with Gasteiger partial charge in [0.05, 0.1) is 13.7 Å². The third kappa shape index (κ3) is 3.39. The van der Waals surface area contributed by atoms with Crippen LogP contribution in [0.3, 0.4) is 0 Å². The SMILES string of the molecule is COc1ccc(OCC2CCCCC2)c(CN)c1. The van der Waals surface area contributed by atoms with Crippen molar-refractivity contribution in [2.75, 3.05) is 13.7 Å². The summed E-state index contributed by atoms with van der Waals surface area (Å²) in [7, 11) is 1.66. The molecule has 0 amide bonds. The number of rotatable bonds is 5. The van der Waals surface area contributed by atoms with Gasteiger partial charge in [0, 0.05) is 12.1 Å². The van der Waals surface area contributed by atoms with E-state index in [0.717, 1.165) is 23.7 Å². The molecule has 0 radical (unpaired) electrons. The molecule has 0 heterocycles. The van der Waals surface area contributed by atoms with Crippen LogP contribution in [0, 0.1) is 5.92 Å². The highest BCUT2D eigenvalue weighted by Gasteiger charge is 2.14. The Morgan fingerprint density at radius 2 is 2.00 bits per heavy atom. The Morgan fingerprint density at radius 3 is 2.67 bits per heavy atom. The second kappa shape index (κ2) is 6.64. The van der Waals surface area contributed by atoms with Crippen LogP contribution >= 0.6 is 0 Å². The first-order valence-corrected chi connectivity index (χ1v) is 6.83. The first kappa shape index (κ1) is 13.2. The minimum absolute atomic E-state index is 0.483. The topological polar surface area (TPSA) is 44.5 Å². The van der Waals surface area contributed by atoms with Gasteiger partial charge in [-0.1, -0.05) is 19.3 Å². The third-order valence-corrected chi connectivity index (χ3v) is 3.69. The number of ether oxygens (including phenoxy) is 2. The van der Waals surface area contributed by atoms with Gasteiger partial charge >= 0.3 is 0 Å². The van der Waals surface area contributed by atoms with Crippen molar-refractivity contribution in [1.29, 1.82) is 0 Å². The molecule has 1 saturated carbocycles. The highest BCUT2D eigenvalue weighted by atomic mass is 16.5. The van der Waals surface area contributed by atoms with E-state index in [1.807, 2.05) is 18.2 Å². The lowest BCUT2D eigenvalue weighted by Crippen LogP contribution is -2.16. The molecule has 0 unspecified atom stereocenters. The molecule has 2 N–H and O–H groups in total. The zero-order valence-electron chi connectivity index (χ0n) is 11.2. The number of hydrogen-bond acceptors (Lipinski definition) is 3. The lowest BCUT2D eigenvalue weighted by Gasteiger charge is -2.22. The van der Waals surface area contributed by atoms with Crippen molar-refractivity contribution in [2.45, 2.75) is 38.6 Å². The molecule has 0 aliphatic heterocycles. The molecule has 0 saturated heterocycles. The summed E-state index contributed by atoms with van der Waals surface area (Å²) in [4.78, 5) is 0. The van der Waals surface area contributed by atoms with Gasteiger partial charge in [0.2, 0.25) is 0 Å². The molecule has 2 rings (SSSR count). The van der Waals surface area contributed by atoms with Crippen LogP contribution in [0.2, 0.25) is 0 Å². The van der Waals surface area contributed by atoms with Gasteiger partial charge in [-0.25, -0.2) is 0 Å². The van der Waals surface area contributed by atoms with E-state index >= 15 is 0 Å². The molecule has 0 aromatic heterocycles. The van der Waals surface area contributed by atoms with E-state index in [1.165, 1.54) is 32.1 Å². The normalized spacial score (nSPS) is 16.6. The summed E-state index contributed by atoms with van der Waals surface area (Å²) < 4.78 is 11.1. The fourth-order valence-corrected chi connectivity index (χ4v) is 2.54. The maximum Gasteiger partial charge on any atom is 0.124 e. The van der Waals surface area contributed by atoms with Gasteiger partial charge in [-0.15, -0.1) is 0 Å². The fourth-order valence-electron chi connectivity index (χ4n) is 2.54. The van der Waals surface area contributed by atoms with Crippen LogP contribution in [0.15, 0.2) is 18.2 Å². The summed E-state index contributed by atoms with van der Waals surface area (Å²) in [6.07, 6.45) is 6.68. The van der Waals surface area contributed by atoms with Crippen molar-refractivity contribution in [3.05, 3.63) is 23.8 Å². The molecule has 1 aromatic rings. The summed E-state index contributed by atoms with van der Waals surface area (Å²) in [5.41, 5.74) is 6.77. The molecule has 100 valence electrons. The highest BCUT2D eigenvalue weighted by Crippen LogP contribution is 2.27. The maximum absolute atomic E-state index is 5.93. The van der Waals surface area contributed by atoms with Crippen LogP contribution < -0.4 is 15.2 Å². The average Bonchev–Trinajstić information content (AvgIpc) is 2.46. The molecule has 1 aliphatic rings. The van der Waals surface area contributed by atoms with Crippen molar-refractivity contribution in [1.82, 2.24) is 0 Å². The molecule has 1 fully saturated rings. The lowest BCUT2D eigenvalue weighted by atomic mass is 9.90. The zero-order chi connectivity index (χ0) is 12.8.